The van der Waals surface area contributed by atoms with Crippen LogP contribution in [-0.2, 0) is 4.79 Å². The topological polar surface area (TPSA) is 89.1 Å². The van der Waals surface area contributed by atoms with E-state index < -0.39 is 0 Å². The molecule has 30 heavy (non-hydrogen) atoms. The molecule has 0 aliphatic carbocycles. The van der Waals surface area contributed by atoms with Gasteiger partial charge in [0.05, 0.1) is 27.2 Å². The molecule has 0 unspecified atom stereocenters. The summed E-state index contributed by atoms with van der Waals surface area (Å²) >= 11 is 0. The van der Waals surface area contributed by atoms with Crippen molar-refractivity contribution in [3.8, 4) is 17.2 Å². The van der Waals surface area contributed by atoms with E-state index >= 15 is 0 Å². The monoisotopic (exact) mass is 421 g/mol. The maximum absolute atomic E-state index is 13.0. The van der Waals surface area contributed by atoms with Crippen molar-refractivity contribution in [3.63, 3.8) is 0 Å². The average molecular weight is 422 g/mol. The van der Waals surface area contributed by atoms with Crippen molar-refractivity contribution in [2.75, 3.05) is 41.0 Å². The van der Waals surface area contributed by atoms with Crippen molar-refractivity contribution < 1.29 is 23.8 Å². The maximum Gasteiger partial charge on any atom is 0.317 e. The molecule has 1 fully saturated rings. The predicted octanol–water partition coefficient (Wildman–Crippen LogP) is 2.62. The molecule has 0 saturated carbocycles. The van der Waals surface area contributed by atoms with Crippen LogP contribution in [0.15, 0.2) is 12.1 Å². The third-order valence-electron chi connectivity index (χ3n) is 5.16. The van der Waals surface area contributed by atoms with E-state index in [0.717, 1.165) is 5.56 Å². The van der Waals surface area contributed by atoms with E-state index in [0.29, 0.717) is 42.8 Å². The molecule has 0 radical (unpaired) electrons. The molecule has 8 heteroatoms. The van der Waals surface area contributed by atoms with Gasteiger partial charge in [-0.25, -0.2) is 4.79 Å². The summed E-state index contributed by atoms with van der Waals surface area (Å²) in [5.41, 5.74) is 0.869. The molecule has 1 aromatic rings. The molecule has 3 amide bonds. The largest absolute Gasteiger partial charge is 0.493 e. The van der Waals surface area contributed by atoms with Crippen LogP contribution in [0, 0.1) is 11.8 Å². The highest BCUT2D eigenvalue weighted by atomic mass is 16.5. The number of carbonyl (C=O) groups excluding carboxylic acids is 2. The van der Waals surface area contributed by atoms with E-state index in [2.05, 4.69) is 10.6 Å². The Morgan fingerprint density at radius 1 is 1.03 bits per heavy atom. The fourth-order valence-electron chi connectivity index (χ4n) is 3.66. The van der Waals surface area contributed by atoms with Crippen LogP contribution in [0.5, 0.6) is 17.2 Å². The fraction of sp³-hybridized carbons (Fsp3) is 0.636. The number of nitrogens with one attached hydrogen (secondary N) is 2. The summed E-state index contributed by atoms with van der Waals surface area (Å²) in [6, 6.07) is 3.57. The Balaban J connectivity index is 2.39. The Bertz CT molecular complexity index is 725. The molecule has 1 aliphatic heterocycles. The van der Waals surface area contributed by atoms with E-state index in [-0.39, 0.29) is 29.8 Å². The van der Waals surface area contributed by atoms with E-state index in [4.69, 9.17) is 14.2 Å². The van der Waals surface area contributed by atoms with Crippen LogP contribution >= 0.6 is 0 Å². The van der Waals surface area contributed by atoms with Crippen LogP contribution in [0.1, 0.15) is 39.2 Å². The predicted molar refractivity (Wildman–Crippen MR) is 115 cm³/mol. The summed E-state index contributed by atoms with van der Waals surface area (Å²) in [5, 5.41) is 5.93. The summed E-state index contributed by atoms with van der Waals surface area (Å²) < 4.78 is 16.4. The number of carbonyl (C=O) groups is 2. The molecular weight excluding hydrogens is 386 g/mol. The smallest absolute Gasteiger partial charge is 0.317 e. The zero-order chi connectivity index (χ0) is 22.4. The van der Waals surface area contributed by atoms with E-state index in [1.807, 2.05) is 39.8 Å². The lowest BCUT2D eigenvalue weighted by Gasteiger charge is -2.21. The third kappa shape index (κ3) is 5.49. The van der Waals surface area contributed by atoms with E-state index in [1.54, 1.807) is 26.2 Å². The maximum atomic E-state index is 13.0. The fourth-order valence-corrected chi connectivity index (χ4v) is 3.66. The first-order valence-corrected chi connectivity index (χ1v) is 10.3. The van der Waals surface area contributed by atoms with Crippen molar-refractivity contribution in [1.82, 2.24) is 15.5 Å². The zero-order valence-electron chi connectivity index (χ0n) is 19.1. The highest BCUT2D eigenvalue weighted by Crippen LogP contribution is 2.43. The third-order valence-corrected chi connectivity index (χ3v) is 5.16. The van der Waals surface area contributed by atoms with E-state index in [9.17, 15) is 9.59 Å². The normalized spacial score (nSPS) is 18.5. The Hall–Kier alpha value is -2.64. The lowest BCUT2D eigenvalue weighted by atomic mass is 9.87. The molecule has 1 saturated heterocycles. The number of hydrogen-bond acceptors (Lipinski definition) is 5. The molecule has 0 spiro atoms. The van der Waals surface area contributed by atoms with Gasteiger partial charge in [0.25, 0.3) is 0 Å². The van der Waals surface area contributed by atoms with Gasteiger partial charge >= 0.3 is 6.03 Å². The highest BCUT2D eigenvalue weighted by molar-refractivity contribution is 5.83. The molecule has 1 heterocycles. The quantitative estimate of drug-likeness (QED) is 0.674. The second kappa shape index (κ2) is 10.4. The number of rotatable bonds is 8. The van der Waals surface area contributed by atoms with Crippen LogP contribution < -0.4 is 24.8 Å². The Kier molecular flexibility index (Phi) is 8.20. The number of nitrogens with zero attached hydrogens (tertiary/aromatic N) is 1. The van der Waals surface area contributed by atoms with Gasteiger partial charge in [0.1, 0.15) is 0 Å². The minimum atomic E-state index is -0.371. The van der Waals surface area contributed by atoms with Crippen molar-refractivity contribution in [1.29, 1.82) is 0 Å². The number of benzene rings is 1. The highest BCUT2D eigenvalue weighted by Gasteiger charge is 2.41. The van der Waals surface area contributed by atoms with Gasteiger partial charge in [-0.15, -0.1) is 0 Å². The second-order valence-corrected chi connectivity index (χ2v) is 8.32. The Morgan fingerprint density at radius 3 is 2.10 bits per heavy atom. The van der Waals surface area contributed by atoms with Gasteiger partial charge in [0, 0.05) is 31.6 Å². The summed E-state index contributed by atoms with van der Waals surface area (Å²) in [6.07, 6.45) is 0. The Morgan fingerprint density at radius 2 is 1.63 bits per heavy atom. The summed E-state index contributed by atoms with van der Waals surface area (Å²) in [6.45, 7) is 9.30. The van der Waals surface area contributed by atoms with Gasteiger partial charge in [-0.3, -0.25) is 4.79 Å². The van der Waals surface area contributed by atoms with Crippen molar-refractivity contribution >= 4 is 11.9 Å². The zero-order valence-corrected chi connectivity index (χ0v) is 19.1. The Labute approximate surface area is 179 Å². The molecule has 8 nitrogen and oxygen atoms in total. The second-order valence-electron chi connectivity index (χ2n) is 8.32. The molecule has 2 atom stereocenters. The van der Waals surface area contributed by atoms with Crippen LogP contribution in [0.3, 0.4) is 0 Å². The molecule has 1 aromatic carbocycles. The first kappa shape index (κ1) is 23.6. The lowest BCUT2D eigenvalue weighted by molar-refractivity contribution is -0.125. The SMILES string of the molecule is COc1cc([C@H]2CN(C(=O)NC(C)C)C[C@@H]2C(=O)NCC(C)C)cc(OC)c1OC. The summed E-state index contributed by atoms with van der Waals surface area (Å²) in [4.78, 5) is 27.3. The number of likely N-dealkylation sites (tertiary alicyclic amines) is 1. The lowest BCUT2D eigenvalue weighted by Crippen LogP contribution is -2.42. The van der Waals surface area contributed by atoms with Gasteiger partial charge < -0.3 is 29.7 Å². The van der Waals surface area contributed by atoms with Gasteiger partial charge in [-0.1, -0.05) is 13.8 Å². The van der Waals surface area contributed by atoms with Crippen LogP contribution in [-0.4, -0.2) is 63.8 Å². The minimum absolute atomic E-state index is 0.0194. The van der Waals surface area contributed by atoms with Crippen molar-refractivity contribution in [2.45, 2.75) is 39.7 Å². The average Bonchev–Trinajstić information content (AvgIpc) is 3.16. The number of methoxy groups -OCH3 is 3. The standard InChI is InChI=1S/C22H35N3O5/c1-13(2)10-23-21(26)17-12-25(22(27)24-14(3)4)11-16(17)15-8-18(28-5)20(30-7)19(9-15)29-6/h8-9,13-14,16-17H,10-12H2,1-7H3,(H,23,26)(H,24,27)/t16-,17+/m1/s1. The molecule has 1 aliphatic rings. The first-order valence-electron chi connectivity index (χ1n) is 10.3. The molecule has 0 bridgehead atoms. The van der Waals surface area contributed by atoms with Gasteiger partial charge in [-0.05, 0) is 37.5 Å². The van der Waals surface area contributed by atoms with Crippen LogP contribution in [0.25, 0.3) is 0 Å². The van der Waals surface area contributed by atoms with Crippen molar-refractivity contribution in [2.24, 2.45) is 11.8 Å². The van der Waals surface area contributed by atoms with Gasteiger partial charge in [0.15, 0.2) is 11.5 Å². The van der Waals surface area contributed by atoms with Gasteiger partial charge in [0.2, 0.25) is 11.7 Å². The molecular formula is C22H35N3O5. The molecule has 2 N–H and O–H groups in total. The summed E-state index contributed by atoms with van der Waals surface area (Å²) in [5.74, 6) is 1.28. The van der Waals surface area contributed by atoms with Crippen molar-refractivity contribution in [3.05, 3.63) is 17.7 Å². The van der Waals surface area contributed by atoms with Crippen LogP contribution in [0.4, 0.5) is 4.79 Å². The molecule has 2 rings (SSSR count). The molecule has 0 aromatic heterocycles. The summed E-state index contributed by atoms with van der Waals surface area (Å²) in [7, 11) is 4.67. The molecule has 168 valence electrons. The number of ether oxygens (including phenoxy) is 3. The minimum Gasteiger partial charge on any atom is -0.493 e. The van der Waals surface area contributed by atoms with Gasteiger partial charge in [-0.2, -0.15) is 0 Å². The first-order chi connectivity index (χ1) is 14.2. The van der Waals surface area contributed by atoms with E-state index in [1.165, 1.54) is 0 Å². The number of hydrogen-bond donors (Lipinski definition) is 2. The number of urea groups is 1. The van der Waals surface area contributed by atoms with Crippen LogP contribution in [0.2, 0.25) is 0 Å². The number of amides is 3.